The molecule has 0 unspecified atom stereocenters. The molecule has 4 nitrogen and oxygen atoms in total. The van der Waals surface area contributed by atoms with Gasteiger partial charge in [-0.25, -0.2) is 4.79 Å². The van der Waals surface area contributed by atoms with Crippen molar-refractivity contribution in [1.82, 2.24) is 4.90 Å². The van der Waals surface area contributed by atoms with Gasteiger partial charge in [0, 0.05) is 18.2 Å². The van der Waals surface area contributed by atoms with Crippen LogP contribution in [0.5, 0.6) is 0 Å². The number of carbonyl (C=O) groups is 2. The Morgan fingerprint density at radius 1 is 1.30 bits per heavy atom. The largest absolute Gasteiger partial charge is 0.445 e. The molecule has 0 saturated heterocycles. The minimum Gasteiger partial charge on any atom is -0.445 e. The van der Waals surface area contributed by atoms with Gasteiger partial charge in [-0.3, -0.25) is 9.69 Å². The highest BCUT2D eigenvalue weighted by atomic mass is 35.6. The fourth-order valence-electron chi connectivity index (χ4n) is 1.84. The standard InChI is InChI=1S/C16H12Cl3NO3/c17-16(18,19)11-23-15(22)20-9-8-14(21)10-13(20)7-6-12-4-2-1-3-5-12/h1-5,8-9,13H,10-11H2/t13-/m0/s1. The van der Waals surface area contributed by atoms with Gasteiger partial charge < -0.3 is 4.74 Å². The molecule has 1 aliphatic rings. The summed E-state index contributed by atoms with van der Waals surface area (Å²) in [6, 6.07) is 8.61. The Balaban J connectivity index is 2.12. The van der Waals surface area contributed by atoms with Crippen molar-refractivity contribution < 1.29 is 14.3 Å². The van der Waals surface area contributed by atoms with Crippen LogP contribution in [0.2, 0.25) is 0 Å². The number of ether oxygens (including phenoxy) is 1. The fraction of sp³-hybridized carbons (Fsp3) is 0.250. The number of amides is 1. The summed E-state index contributed by atoms with van der Waals surface area (Å²) in [5, 5.41) is 0. The second-order valence-corrected chi connectivity index (χ2v) is 7.23. The van der Waals surface area contributed by atoms with Crippen molar-refractivity contribution >= 4 is 46.7 Å². The zero-order valence-corrected chi connectivity index (χ0v) is 14.1. The molecule has 1 aliphatic heterocycles. The van der Waals surface area contributed by atoms with Crippen LogP contribution in [-0.4, -0.2) is 33.2 Å². The van der Waals surface area contributed by atoms with E-state index in [0.29, 0.717) is 0 Å². The predicted octanol–water partition coefficient (Wildman–Crippen LogP) is 3.70. The number of benzene rings is 1. The Labute approximate surface area is 148 Å². The maximum Gasteiger partial charge on any atom is 0.415 e. The number of hydrogen-bond acceptors (Lipinski definition) is 3. The minimum atomic E-state index is -1.70. The van der Waals surface area contributed by atoms with Crippen molar-refractivity contribution in [3.05, 3.63) is 48.2 Å². The molecule has 0 bridgehead atoms. The first-order valence-electron chi connectivity index (χ1n) is 6.64. The lowest BCUT2D eigenvalue weighted by Gasteiger charge is -2.27. The Hall–Kier alpha value is -1.67. The summed E-state index contributed by atoms with van der Waals surface area (Å²) in [4.78, 5) is 24.9. The lowest BCUT2D eigenvalue weighted by molar-refractivity contribution is -0.115. The topological polar surface area (TPSA) is 46.6 Å². The third-order valence-electron chi connectivity index (χ3n) is 2.88. The molecule has 120 valence electrons. The van der Waals surface area contributed by atoms with Crippen LogP contribution in [0.1, 0.15) is 12.0 Å². The van der Waals surface area contributed by atoms with E-state index in [1.165, 1.54) is 17.2 Å². The Kier molecular flexibility index (Phi) is 5.95. The molecular formula is C16H12Cl3NO3. The Bertz CT molecular complexity index is 671. The third-order valence-corrected chi connectivity index (χ3v) is 3.21. The number of nitrogens with zero attached hydrogens (tertiary/aromatic N) is 1. The molecule has 1 aromatic rings. The lowest BCUT2D eigenvalue weighted by Crippen LogP contribution is -2.40. The average Bonchev–Trinajstić information content (AvgIpc) is 2.51. The highest BCUT2D eigenvalue weighted by Gasteiger charge is 2.29. The first-order chi connectivity index (χ1) is 10.8. The second-order valence-electron chi connectivity index (χ2n) is 4.71. The molecule has 2 rings (SSSR count). The average molecular weight is 373 g/mol. The van der Waals surface area contributed by atoms with E-state index in [2.05, 4.69) is 11.8 Å². The summed E-state index contributed by atoms with van der Waals surface area (Å²) < 4.78 is 3.23. The van der Waals surface area contributed by atoms with E-state index in [4.69, 9.17) is 39.5 Å². The summed E-state index contributed by atoms with van der Waals surface area (Å²) in [6.07, 6.45) is 1.97. The van der Waals surface area contributed by atoms with E-state index in [1.54, 1.807) is 0 Å². The highest BCUT2D eigenvalue weighted by Crippen LogP contribution is 2.26. The summed E-state index contributed by atoms with van der Waals surface area (Å²) in [6.45, 7) is -0.395. The van der Waals surface area contributed by atoms with Crippen LogP contribution in [0, 0.1) is 11.8 Å². The van der Waals surface area contributed by atoms with Gasteiger partial charge in [0.2, 0.25) is 3.79 Å². The van der Waals surface area contributed by atoms with Gasteiger partial charge in [0.05, 0.1) is 0 Å². The maximum absolute atomic E-state index is 12.1. The zero-order valence-electron chi connectivity index (χ0n) is 11.8. The number of carbonyl (C=O) groups excluding carboxylic acids is 2. The number of alkyl halides is 3. The molecule has 1 heterocycles. The molecule has 0 N–H and O–H groups in total. The van der Waals surface area contributed by atoms with Crippen molar-refractivity contribution in [2.24, 2.45) is 0 Å². The van der Waals surface area contributed by atoms with E-state index in [1.807, 2.05) is 30.3 Å². The van der Waals surface area contributed by atoms with Crippen LogP contribution in [0.4, 0.5) is 4.79 Å². The number of halogens is 3. The predicted molar refractivity (Wildman–Crippen MR) is 89.3 cm³/mol. The SMILES string of the molecule is O=C1C=CN(C(=O)OCC(Cl)(Cl)Cl)[C@@H](C#Cc2ccccc2)C1. The van der Waals surface area contributed by atoms with Gasteiger partial charge in [-0.2, -0.15) is 0 Å². The smallest absolute Gasteiger partial charge is 0.415 e. The van der Waals surface area contributed by atoms with Crippen LogP contribution >= 0.6 is 34.8 Å². The molecule has 0 aromatic heterocycles. The number of allylic oxidation sites excluding steroid dienone is 1. The summed E-state index contributed by atoms with van der Waals surface area (Å²) in [7, 11) is 0. The minimum absolute atomic E-state index is 0.0825. The van der Waals surface area contributed by atoms with E-state index in [-0.39, 0.29) is 12.2 Å². The van der Waals surface area contributed by atoms with E-state index < -0.39 is 22.5 Å². The van der Waals surface area contributed by atoms with Crippen molar-refractivity contribution in [3.8, 4) is 11.8 Å². The van der Waals surface area contributed by atoms with Gasteiger partial charge in [0.1, 0.15) is 12.6 Å². The molecule has 0 saturated carbocycles. The van der Waals surface area contributed by atoms with Crippen LogP contribution in [0.3, 0.4) is 0 Å². The highest BCUT2D eigenvalue weighted by molar-refractivity contribution is 6.67. The van der Waals surface area contributed by atoms with E-state index >= 15 is 0 Å². The first-order valence-corrected chi connectivity index (χ1v) is 7.78. The normalized spacial score (nSPS) is 17.4. The Morgan fingerprint density at radius 2 is 2.00 bits per heavy atom. The van der Waals surface area contributed by atoms with Crippen molar-refractivity contribution in [3.63, 3.8) is 0 Å². The molecular weight excluding hydrogens is 361 g/mol. The van der Waals surface area contributed by atoms with Gasteiger partial charge in [-0.1, -0.05) is 64.8 Å². The third kappa shape index (κ3) is 5.80. The molecule has 0 radical (unpaired) electrons. The second kappa shape index (κ2) is 7.74. The fourth-order valence-corrected chi connectivity index (χ4v) is 2.00. The summed E-state index contributed by atoms with van der Waals surface area (Å²) in [5.74, 6) is 5.71. The van der Waals surface area contributed by atoms with Gasteiger partial charge in [-0.15, -0.1) is 0 Å². The number of hydrogen-bond donors (Lipinski definition) is 0. The Morgan fingerprint density at radius 3 is 2.65 bits per heavy atom. The zero-order chi connectivity index (χ0) is 16.9. The van der Waals surface area contributed by atoms with E-state index in [9.17, 15) is 9.59 Å². The first kappa shape index (κ1) is 17.7. The van der Waals surface area contributed by atoms with Gasteiger partial charge in [0.25, 0.3) is 0 Å². The van der Waals surface area contributed by atoms with E-state index in [0.717, 1.165) is 5.56 Å². The quantitative estimate of drug-likeness (QED) is 0.558. The maximum atomic E-state index is 12.1. The van der Waals surface area contributed by atoms with Crippen LogP contribution < -0.4 is 0 Å². The van der Waals surface area contributed by atoms with Crippen molar-refractivity contribution in [1.29, 1.82) is 0 Å². The summed E-state index contributed by atoms with van der Waals surface area (Å²) >= 11 is 16.7. The molecule has 7 heteroatoms. The molecule has 0 aliphatic carbocycles. The molecule has 23 heavy (non-hydrogen) atoms. The van der Waals surface area contributed by atoms with Gasteiger partial charge >= 0.3 is 6.09 Å². The molecule has 1 atom stereocenters. The number of rotatable bonds is 1. The summed E-state index contributed by atoms with van der Waals surface area (Å²) in [5.41, 5.74) is 0.782. The van der Waals surface area contributed by atoms with Gasteiger partial charge in [0.15, 0.2) is 5.78 Å². The molecule has 1 amide bonds. The van der Waals surface area contributed by atoms with Crippen LogP contribution in [0.15, 0.2) is 42.6 Å². The van der Waals surface area contributed by atoms with Gasteiger partial charge in [-0.05, 0) is 18.2 Å². The van der Waals surface area contributed by atoms with Crippen LogP contribution in [0.25, 0.3) is 0 Å². The number of ketones is 1. The van der Waals surface area contributed by atoms with Crippen molar-refractivity contribution in [2.45, 2.75) is 16.3 Å². The molecule has 0 fully saturated rings. The van der Waals surface area contributed by atoms with Crippen molar-refractivity contribution in [2.75, 3.05) is 6.61 Å². The monoisotopic (exact) mass is 371 g/mol. The molecule has 0 spiro atoms. The lowest BCUT2D eigenvalue weighted by atomic mass is 10.1. The van der Waals surface area contributed by atoms with Crippen LogP contribution in [-0.2, 0) is 9.53 Å². The molecule has 1 aromatic carbocycles.